The Balaban J connectivity index is 0.000000157. The highest BCUT2D eigenvalue weighted by Crippen LogP contribution is 2.61. The Hall–Kier alpha value is -2.67. The minimum atomic E-state index is -0.136. The first kappa shape index (κ1) is 31.3. The van der Waals surface area contributed by atoms with Crippen LogP contribution in [0.25, 0.3) is 0 Å². The fraction of sp³-hybridized carbons (Fsp3) is 0.486. The summed E-state index contributed by atoms with van der Waals surface area (Å²) < 4.78 is 5.68. The summed E-state index contributed by atoms with van der Waals surface area (Å²) in [5.41, 5.74) is 5.46. The van der Waals surface area contributed by atoms with Gasteiger partial charge in [0.1, 0.15) is 11.9 Å². The van der Waals surface area contributed by atoms with E-state index in [9.17, 15) is 9.90 Å². The third kappa shape index (κ3) is 6.23. The van der Waals surface area contributed by atoms with E-state index >= 15 is 0 Å². The fourth-order valence-corrected chi connectivity index (χ4v) is 9.75. The molecular formula is C37H45ClN2O3S. The number of para-hydroxylation sites is 1. The van der Waals surface area contributed by atoms with Gasteiger partial charge in [0.05, 0.1) is 11.4 Å². The third-order valence-corrected chi connectivity index (χ3v) is 11.9. The van der Waals surface area contributed by atoms with Gasteiger partial charge in [-0.2, -0.15) is 0 Å². The van der Waals surface area contributed by atoms with Gasteiger partial charge in [0, 0.05) is 33.7 Å². The number of halogens is 1. The van der Waals surface area contributed by atoms with Crippen LogP contribution in [0.15, 0.2) is 70.5 Å². The van der Waals surface area contributed by atoms with Gasteiger partial charge in [-0.3, -0.25) is 4.79 Å². The van der Waals surface area contributed by atoms with Crippen LogP contribution < -0.4 is 4.90 Å². The van der Waals surface area contributed by atoms with Gasteiger partial charge in [-0.1, -0.05) is 48.5 Å². The topological polar surface area (TPSA) is 53.0 Å². The highest BCUT2D eigenvalue weighted by molar-refractivity contribution is 7.99. The van der Waals surface area contributed by atoms with E-state index in [0.29, 0.717) is 23.5 Å². The Labute approximate surface area is 271 Å². The number of benzene rings is 3. The maximum absolute atomic E-state index is 11.4. The molecule has 7 heteroatoms. The normalized spacial score (nSPS) is 26.4. The van der Waals surface area contributed by atoms with E-state index in [2.05, 4.69) is 73.3 Å². The van der Waals surface area contributed by atoms with Crippen LogP contribution in [0.3, 0.4) is 0 Å². The number of rotatable bonds is 5. The van der Waals surface area contributed by atoms with Gasteiger partial charge >= 0.3 is 5.97 Å². The Bertz CT molecular complexity index is 1510. The molecule has 0 radical (unpaired) electrons. The van der Waals surface area contributed by atoms with Gasteiger partial charge in [-0.25, -0.2) is 0 Å². The smallest absolute Gasteiger partial charge is 0.302 e. The second-order valence-electron chi connectivity index (χ2n) is 13.5. The summed E-state index contributed by atoms with van der Waals surface area (Å²) in [5, 5.41) is 10.5. The second-order valence-corrected chi connectivity index (χ2v) is 15.0. The van der Waals surface area contributed by atoms with Gasteiger partial charge in [-0.15, -0.1) is 0 Å². The van der Waals surface area contributed by atoms with Crippen LogP contribution in [0.4, 0.5) is 11.4 Å². The zero-order valence-corrected chi connectivity index (χ0v) is 28.0. The summed E-state index contributed by atoms with van der Waals surface area (Å²) in [6, 6.07) is 20.7. The number of aryl methyl sites for hydroxylation is 1. The number of phenolic OH excluding ortho intramolecular Hbond substituents is 1. The zero-order valence-electron chi connectivity index (χ0n) is 26.4. The molecule has 1 N–H and O–H groups in total. The van der Waals surface area contributed by atoms with Crippen molar-refractivity contribution in [3.05, 3.63) is 76.8 Å². The molecule has 7 rings (SSSR count). The highest BCUT2D eigenvalue weighted by atomic mass is 35.5. The number of nitrogens with zero attached hydrogens (tertiary/aromatic N) is 2. The average molecular weight is 633 g/mol. The molecule has 0 saturated heterocycles. The fourth-order valence-electron chi connectivity index (χ4n) is 8.50. The van der Waals surface area contributed by atoms with Crippen molar-refractivity contribution < 1.29 is 14.6 Å². The minimum absolute atomic E-state index is 0.104. The summed E-state index contributed by atoms with van der Waals surface area (Å²) >= 11 is 8.03. The van der Waals surface area contributed by atoms with E-state index in [1.807, 2.05) is 30.0 Å². The first-order valence-electron chi connectivity index (χ1n) is 16.1. The lowest BCUT2D eigenvalue weighted by molar-refractivity contribution is -0.154. The number of hydrogen-bond acceptors (Lipinski definition) is 6. The second kappa shape index (κ2) is 13.0. The van der Waals surface area contributed by atoms with Gasteiger partial charge in [0.15, 0.2) is 0 Å². The zero-order chi connectivity index (χ0) is 31.0. The van der Waals surface area contributed by atoms with Gasteiger partial charge in [0.2, 0.25) is 0 Å². The monoisotopic (exact) mass is 632 g/mol. The molecule has 0 amide bonds. The number of carbonyl (C=O) groups excluding carboxylic acids is 1. The van der Waals surface area contributed by atoms with Crippen LogP contribution >= 0.6 is 23.4 Å². The molecular weight excluding hydrogens is 588 g/mol. The Morgan fingerprint density at radius 1 is 1.05 bits per heavy atom. The van der Waals surface area contributed by atoms with E-state index in [0.717, 1.165) is 43.8 Å². The molecule has 0 spiro atoms. The number of aromatic hydroxyl groups is 1. The molecule has 5 unspecified atom stereocenters. The van der Waals surface area contributed by atoms with Crippen LogP contribution in [-0.2, 0) is 16.0 Å². The molecule has 3 aromatic carbocycles. The predicted molar refractivity (Wildman–Crippen MR) is 180 cm³/mol. The molecule has 234 valence electrons. The van der Waals surface area contributed by atoms with Crippen LogP contribution in [0.2, 0.25) is 5.02 Å². The summed E-state index contributed by atoms with van der Waals surface area (Å²) in [7, 11) is 4.23. The Morgan fingerprint density at radius 3 is 2.64 bits per heavy atom. The first-order chi connectivity index (χ1) is 21.1. The first-order valence-corrected chi connectivity index (χ1v) is 17.3. The molecule has 1 aliphatic heterocycles. The Kier molecular flexibility index (Phi) is 9.24. The van der Waals surface area contributed by atoms with Crippen molar-refractivity contribution in [2.45, 2.75) is 80.6 Å². The van der Waals surface area contributed by atoms with Crippen LogP contribution in [-0.4, -0.2) is 49.3 Å². The highest BCUT2D eigenvalue weighted by Gasteiger charge is 2.56. The van der Waals surface area contributed by atoms with Crippen molar-refractivity contribution in [2.24, 2.45) is 17.3 Å². The van der Waals surface area contributed by atoms with Crippen LogP contribution in [0, 0.1) is 17.3 Å². The molecule has 0 aromatic heterocycles. The predicted octanol–water partition coefficient (Wildman–Crippen LogP) is 9.07. The summed E-state index contributed by atoms with van der Waals surface area (Å²) in [4.78, 5) is 18.7. The molecule has 3 aliphatic carbocycles. The van der Waals surface area contributed by atoms with Gasteiger partial charge in [0.25, 0.3) is 0 Å². The largest absolute Gasteiger partial charge is 0.508 e. The maximum Gasteiger partial charge on any atom is 0.302 e. The molecule has 0 bridgehead atoms. The number of fused-ring (bicyclic) bond motifs is 7. The number of hydrogen-bond donors (Lipinski definition) is 1. The van der Waals surface area contributed by atoms with Gasteiger partial charge < -0.3 is 19.6 Å². The molecule has 4 aliphatic rings. The summed E-state index contributed by atoms with van der Waals surface area (Å²) in [5.74, 6) is 2.23. The lowest BCUT2D eigenvalue weighted by atomic mass is 9.55. The van der Waals surface area contributed by atoms with Gasteiger partial charge in [-0.05, 0) is 137 Å². The van der Waals surface area contributed by atoms with E-state index in [4.69, 9.17) is 16.3 Å². The number of esters is 1. The molecule has 2 fully saturated rings. The molecule has 5 nitrogen and oxygen atoms in total. The average Bonchev–Trinajstić information content (AvgIpc) is 3.32. The van der Waals surface area contributed by atoms with E-state index < -0.39 is 0 Å². The molecule has 1 heterocycles. The summed E-state index contributed by atoms with van der Waals surface area (Å²) in [6.45, 7) is 5.97. The van der Waals surface area contributed by atoms with Crippen LogP contribution in [0.1, 0.15) is 69.4 Å². The number of anilines is 2. The van der Waals surface area contributed by atoms with E-state index in [1.165, 1.54) is 58.5 Å². The minimum Gasteiger partial charge on any atom is -0.508 e. The standard InChI is InChI=1S/C20H26O3.C17H19ClN2S/c1-12(21)23-19-8-7-18-17-5-3-13-11-14(22)4-6-15(13)16(17)9-10-20(18,19)2;1-19(2)10-5-11-20-14-6-3-4-7-16(14)21-17-9-8-13(18)12-15(17)20/h4,6,11,16-19,22H,3,5,7-10H2,1-2H3;3-4,6-9,12H,5,10-11H2,1-2H3. The van der Waals surface area contributed by atoms with Crippen molar-refractivity contribution in [1.29, 1.82) is 0 Å². The summed E-state index contributed by atoms with van der Waals surface area (Å²) in [6.07, 6.45) is 8.01. The van der Waals surface area contributed by atoms with Crippen molar-refractivity contribution in [3.63, 3.8) is 0 Å². The van der Waals surface area contributed by atoms with E-state index in [-0.39, 0.29) is 17.5 Å². The molecule has 2 saturated carbocycles. The SMILES string of the molecule is CC(=O)OC1CCC2C3CCc4cc(O)ccc4C3CCC12C.CN(C)CCCN1c2ccccc2Sc2ccc(Cl)cc21. The number of ether oxygens (including phenoxy) is 1. The molecule has 44 heavy (non-hydrogen) atoms. The quantitative estimate of drug-likeness (QED) is 0.283. The van der Waals surface area contributed by atoms with Crippen LogP contribution in [0.5, 0.6) is 5.75 Å². The Morgan fingerprint density at radius 2 is 1.84 bits per heavy atom. The lowest BCUT2D eigenvalue weighted by Gasteiger charge is -2.50. The van der Waals surface area contributed by atoms with Crippen molar-refractivity contribution >= 4 is 40.7 Å². The van der Waals surface area contributed by atoms with E-state index in [1.54, 1.807) is 0 Å². The van der Waals surface area contributed by atoms with Crippen molar-refractivity contribution in [3.8, 4) is 5.75 Å². The maximum atomic E-state index is 11.4. The van der Waals surface area contributed by atoms with Crippen molar-refractivity contribution in [2.75, 3.05) is 32.1 Å². The molecule has 3 aromatic rings. The number of phenols is 1. The van der Waals surface area contributed by atoms with Crippen molar-refractivity contribution in [1.82, 2.24) is 4.90 Å². The lowest BCUT2D eigenvalue weighted by Crippen LogP contribution is -2.45. The molecule has 5 atom stereocenters. The number of carbonyl (C=O) groups is 1. The third-order valence-electron chi connectivity index (χ3n) is 10.5.